The quantitative estimate of drug-likeness (QED) is 0.810. The molecule has 1 aliphatic rings. The summed E-state index contributed by atoms with van der Waals surface area (Å²) in [5.74, 6) is -0.198. The molecule has 2 amide bonds. The van der Waals surface area contributed by atoms with Gasteiger partial charge in [-0.3, -0.25) is 0 Å². The fraction of sp³-hybridized carbons (Fsp3) is 0.438. The number of likely N-dealkylation sites (tertiary alicyclic amines) is 1. The van der Waals surface area contributed by atoms with Gasteiger partial charge >= 0.3 is 6.03 Å². The molecule has 3 N–H and O–H groups in total. The van der Waals surface area contributed by atoms with E-state index in [0.717, 1.165) is 23.0 Å². The summed E-state index contributed by atoms with van der Waals surface area (Å²) in [7, 11) is 0. The SMILES string of the molecule is CCc1cc2[nH]c(CNC(=O)N3CCC3CO)cc2cc1F. The molecule has 1 aromatic carbocycles. The number of aromatic nitrogens is 1. The molecule has 22 heavy (non-hydrogen) atoms. The molecule has 1 unspecified atom stereocenters. The Morgan fingerprint density at radius 3 is 2.95 bits per heavy atom. The van der Waals surface area contributed by atoms with Crippen molar-refractivity contribution in [3.05, 3.63) is 35.3 Å². The zero-order valence-electron chi connectivity index (χ0n) is 12.5. The highest BCUT2D eigenvalue weighted by atomic mass is 19.1. The number of carbonyl (C=O) groups excluding carboxylic acids is 1. The van der Waals surface area contributed by atoms with Crippen LogP contribution >= 0.6 is 0 Å². The number of nitrogens with zero attached hydrogens (tertiary/aromatic N) is 1. The average Bonchev–Trinajstić information content (AvgIpc) is 2.85. The molecule has 1 fully saturated rings. The van der Waals surface area contributed by atoms with Gasteiger partial charge in [-0.15, -0.1) is 0 Å². The second-order valence-electron chi connectivity index (χ2n) is 5.66. The minimum atomic E-state index is -0.198. The third-order valence-electron chi connectivity index (χ3n) is 4.27. The van der Waals surface area contributed by atoms with Crippen LogP contribution < -0.4 is 5.32 Å². The number of H-pyrrole nitrogens is 1. The molecule has 1 saturated heterocycles. The number of nitrogens with one attached hydrogen (secondary N) is 2. The van der Waals surface area contributed by atoms with Gasteiger partial charge < -0.3 is 20.3 Å². The van der Waals surface area contributed by atoms with Crippen LogP contribution in [-0.2, 0) is 13.0 Å². The molecule has 1 aliphatic heterocycles. The van der Waals surface area contributed by atoms with E-state index < -0.39 is 0 Å². The van der Waals surface area contributed by atoms with E-state index in [-0.39, 0.29) is 24.5 Å². The summed E-state index contributed by atoms with van der Waals surface area (Å²) in [5.41, 5.74) is 2.38. The molecule has 1 aromatic heterocycles. The molecule has 6 heteroatoms. The molecule has 1 atom stereocenters. The Bertz CT molecular complexity index is 696. The number of hydrogen-bond acceptors (Lipinski definition) is 2. The molecule has 0 saturated carbocycles. The van der Waals surface area contributed by atoms with Crippen molar-refractivity contribution in [1.82, 2.24) is 15.2 Å². The Morgan fingerprint density at radius 2 is 2.32 bits per heavy atom. The van der Waals surface area contributed by atoms with Crippen molar-refractivity contribution < 1.29 is 14.3 Å². The van der Waals surface area contributed by atoms with Gasteiger partial charge in [-0.25, -0.2) is 9.18 Å². The van der Waals surface area contributed by atoms with Crippen molar-refractivity contribution in [3.63, 3.8) is 0 Å². The van der Waals surface area contributed by atoms with Gasteiger partial charge in [0.1, 0.15) is 5.82 Å². The fourth-order valence-corrected chi connectivity index (χ4v) is 2.79. The highest BCUT2D eigenvalue weighted by Gasteiger charge is 2.31. The molecule has 2 heterocycles. The molecule has 0 spiro atoms. The zero-order valence-corrected chi connectivity index (χ0v) is 12.5. The maximum absolute atomic E-state index is 13.8. The van der Waals surface area contributed by atoms with Crippen molar-refractivity contribution in [1.29, 1.82) is 0 Å². The number of halogens is 1. The van der Waals surface area contributed by atoms with E-state index in [1.165, 1.54) is 6.07 Å². The molecule has 2 aromatic rings. The van der Waals surface area contributed by atoms with Crippen LogP contribution in [0.25, 0.3) is 10.9 Å². The van der Waals surface area contributed by atoms with E-state index >= 15 is 0 Å². The van der Waals surface area contributed by atoms with E-state index in [0.29, 0.717) is 25.1 Å². The van der Waals surface area contributed by atoms with Gasteiger partial charge in [-0.05, 0) is 36.6 Å². The van der Waals surface area contributed by atoms with Crippen molar-refractivity contribution in [2.75, 3.05) is 13.2 Å². The highest BCUT2D eigenvalue weighted by Crippen LogP contribution is 2.21. The van der Waals surface area contributed by atoms with Gasteiger partial charge in [0.2, 0.25) is 0 Å². The van der Waals surface area contributed by atoms with Crippen LogP contribution in [0.15, 0.2) is 18.2 Å². The standard InChI is InChI=1S/C16H20FN3O2/c1-2-10-7-15-11(6-14(10)17)5-12(19-15)8-18-16(22)20-4-3-13(20)9-21/h5-7,13,19,21H,2-4,8-9H2,1H3,(H,18,22). The van der Waals surface area contributed by atoms with Gasteiger partial charge in [0.15, 0.2) is 0 Å². The molecular weight excluding hydrogens is 285 g/mol. The van der Waals surface area contributed by atoms with Gasteiger partial charge in [0, 0.05) is 23.1 Å². The number of hydrogen-bond donors (Lipinski definition) is 3. The summed E-state index contributed by atoms with van der Waals surface area (Å²) in [6.45, 7) is 2.94. The van der Waals surface area contributed by atoms with Gasteiger partial charge in [-0.2, -0.15) is 0 Å². The lowest BCUT2D eigenvalue weighted by Gasteiger charge is -2.39. The van der Waals surface area contributed by atoms with E-state index in [4.69, 9.17) is 5.11 Å². The monoisotopic (exact) mass is 305 g/mol. The first kappa shape index (κ1) is 14.8. The number of aromatic amines is 1. The minimum Gasteiger partial charge on any atom is -0.394 e. The molecule has 3 rings (SSSR count). The number of amides is 2. The second-order valence-corrected chi connectivity index (χ2v) is 5.66. The number of urea groups is 1. The zero-order chi connectivity index (χ0) is 15.7. The van der Waals surface area contributed by atoms with Gasteiger partial charge in [0.25, 0.3) is 0 Å². The van der Waals surface area contributed by atoms with Gasteiger partial charge in [-0.1, -0.05) is 6.92 Å². The normalized spacial score (nSPS) is 17.6. The third-order valence-corrected chi connectivity index (χ3v) is 4.27. The Morgan fingerprint density at radius 1 is 1.50 bits per heavy atom. The van der Waals surface area contributed by atoms with Crippen LogP contribution in [0, 0.1) is 5.82 Å². The lowest BCUT2D eigenvalue weighted by Crippen LogP contribution is -2.56. The van der Waals surface area contributed by atoms with Crippen molar-refractivity contribution in [2.24, 2.45) is 0 Å². The molecule has 0 bridgehead atoms. The van der Waals surface area contributed by atoms with Gasteiger partial charge in [0.05, 0.1) is 19.2 Å². The summed E-state index contributed by atoms with van der Waals surface area (Å²) in [6.07, 6.45) is 1.49. The Balaban J connectivity index is 1.68. The Hall–Kier alpha value is -2.08. The predicted octanol–water partition coefficient (Wildman–Crippen LogP) is 2.15. The first-order valence-corrected chi connectivity index (χ1v) is 7.57. The Labute approximate surface area is 128 Å². The van der Waals surface area contributed by atoms with Crippen LogP contribution in [-0.4, -0.2) is 40.2 Å². The lowest BCUT2D eigenvalue weighted by atomic mass is 10.1. The number of fused-ring (bicyclic) bond motifs is 1. The van der Waals surface area contributed by atoms with Crippen LogP contribution in [0.2, 0.25) is 0 Å². The molecule has 118 valence electrons. The number of aliphatic hydroxyl groups excluding tert-OH is 1. The topological polar surface area (TPSA) is 68.4 Å². The van der Waals surface area contributed by atoms with E-state index in [9.17, 15) is 9.18 Å². The van der Waals surface area contributed by atoms with E-state index in [2.05, 4.69) is 10.3 Å². The summed E-state index contributed by atoms with van der Waals surface area (Å²) < 4.78 is 13.8. The number of rotatable bonds is 4. The number of carbonyl (C=O) groups is 1. The van der Waals surface area contributed by atoms with Crippen LogP contribution in [0.5, 0.6) is 0 Å². The predicted molar refractivity (Wildman–Crippen MR) is 82.1 cm³/mol. The summed E-state index contributed by atoms with van der Waals surface area (Å²) in [5, 5.41) is 12.7. The summed E-state index contributed by atoms with van der Waals surface area (Å²) in [4.78, 5) is 16.8. The number of aryl methyl sites for hydroxylation is 1. The lowest BCUT2D eigenvalue weighted by molar-refractivity contribution is 0.0700. The number of aliphatic hydroxyl groups is 1. The van der Waals surface area contributed by atoms with Crippen molar-refractivity contribution in [3.8, 4) is 0 Å². The van der Waals surface area contributed by atoms with Crippen molar-refractivity contribution in [2.45, 2.75) is 32.4 Å². The maximum Gasteiger partial charge on any atom is 0.318 e. The maximum atomic E-state index is 13.8. The van der Waals surface area contributed by atoms with E-state index in [1.807, 2.05) is 19.1 Å². The largest absolute Gasteiger partial charge is 0.394 e. The van der Waals surface area contributed by atoms with Crippen molar-refractivity contribution >= 4 is 16.9 Å². The molecule has 5 nitrogen and oxygen atoms in total. The first-order valence-electron chi connectivity index (χ1n) is 7.57. The third kappa shape index (κ3) is 2.66. The summed E-state index contributed by atoms with van der Waals surface area (Å²) in [6, 6.07) is 4.94. The van der Waals surface area contributed by atoms with E-state index in [1.54, 1.807) is 4.90 Å². The fourth-order valence-electron chi connectivity index (χ4n) is 2.79. The molecular formula is C16H20FN3O2. The summed E-state index contributed by atoms with van der Waals surface area (Å²) >= 11 is 0. The molecule has 0 aliphatic carbocycles. The highest BCUT2D eigenvalue weighted by molar-refractivity contribution is 5.81. The van der Waals surface area contributed by atoms with Crippen LogP contribution in [0.3, 0.4) is 0 Å². The molecule has 0 radical (unpaired) electrons. The minimum absolute atomic E-state index is 0.00111. The second kappa shape index (κ2) is 5.96. The average molecular weight is 305 g/mol. The number of benzene rings is 1. The van der Waals surface area contributed by atoms with Crippen LogP contribution in [0.1, 0.15) is 24.6 Å². The first-order chi connectivity index (χ1) is 10.6. The Kier molecular flexibility index (Phi) is 4.02. The smallest absolute Gasteiger partial charge is 0.318 e. The van der Waals surface area contributed by atoms with Crippen LogP contribution in [0.4, 0.5) is 9.18 Å².